The Labute approximate surface area is 110 Å². The third kappa shape index (κ3) is 9.64. The first-order chi connectivity index (χ1) is 8.13. The van der Waals surface area contributed by atoms with Gasteiger partial charge in [0.15, 0.2) is 0 Å². The van der Waals surface area contributed by atoms with E-state index in [0.717, 1.165) is 11.8 Å². The lowest BCUT2D eigenvalue weighted by Crippen LogP contribution is -2.30. The molecular weight excluding hydrogens is 206 g/mol. The molecule has 104 valence electrons. The fourth-order valence-electron chi connectivity index (χ4n) is 2.57. The van der Waals surface area contributed by atoms with E-state index in [4.69, 9.17) is 0 Å². The smallest absolute Gasteiger partial charge is 0.00104 e. The summed E-state index contributed by atoms with van der Waals surface area (Å²) in [7, 11) is 0. The fourth-order valence-corrected chi connectivity index (χ4v) is 2.57. The van der Waals surface area contributed by atoms with E-state index in [1.54, 1.807) is 0 Å². The van der Waals surface area contributed by atoms with Crippen LogP contribution in [0.1, 0.15) is 79.6 Å². The monoisotopic (exact) mass is 241 g/mol. The highest BCUT2D eigenvalue weighted by molar-refractivity contribution is 4.69. The molecule has 0 aromatic heterocycles. The maximum atomic E-state index is 3.62. The van der Waals surface area contributed by atoms with Crippen molar-refractivity contribution in [1.82, 2.24) is 5.32 Å². The zero-order valence-electron chi connectivity index (χ0n) is 12.9. The Kier molecular flexibility index (Phi) is 11.0. The van der Waals surface area contributed by atoms with Crippen LogP contribution >= 0.6 is 0 Å². The summed E-state index contributed by atoms with van der Waals surface area (Å²) in [5.74, 6) is 1.85. The first kappa shape index (κ1) is 17.0. The minimum atomic E-state index is 0.630. The van der Waals surface area contributed by atoms with Crippen LogP contribution in [0.5, 0.6) is 0 Å². The second-order valence-corrected chi connectivity index (χ2v) is 5.87. The minimum Gasteiger partial charge on any atom is -0.314 e. The topological polar surface area (TPSA) is 12.0 Å². The third-order valence-electron chi connectivity index (χ3n) is 3.72. The molecule has 0 aromatic carbocycles. The average molecular weight is 241 g/mol. The minimum absolute atomic E-state index is 0.630. The van der Waals surface area contributed by atoms with Gasteiger partial charge < -0.3 is 5.32 Å². The number of nitrogens with one attached hydrogen (secondary N) is 1. The van der Waals surface area contributed by atoms with Gasteiger partial charge in [-0.15, -0.1) is 0 Å². The van der Waals surface area contributed by atoms with Crippen LogP contribution in [0.3, 0.4) is 0 Å². The number of hydrogen-bond acceptors (Lipinski definition) is 1. The van der Waals surface area contributed by atoms with Crippen molar-refractivity contribution in [3.8, 4) is 0 Å². The molecule has 1 N–H and O–H groups in total. The van der Waals surface area contributed by atoms with Crippen molar-refractivity contribution in [3.05, 3.63) is 0 Å². The molecule has 0 saturated carbocycles. The summed E-state index contributed by atoms with van der Waals surface area (Å²) in [6.45, 7) is 12.7. The molecule has 0 heterocycles. The molecule has 2 unspecified atom stereocenters. The van der Waals surface area contributed by atoms with Gasteiger partial charge in [0, 0.05) is 6.04 Å². The van der Waals surface area contributed by atoms with Crippen molar-refractivity contribution in [2.75, 3.05) is 6.54 Å². The zero-order chi connectivity index (χ0) is 13.1. The molecule has 0 aliphatic heterocycles. The predicted octanol–water partition coefficient (Wildman–Crippen LogP) is 5.01. The van der Waals surface area contributed by atoms with Crippen LogP contribution in [0.4, 0.5) is 0 Å². The summed E-state index contributed by atoms with van der Waals surface area (Å²) < 4.78 is 0. The Balaban J connectivity index is 4.00. The van der Waals surface area contributed by atoms with Crippen molar-refractivity contribution < 1.29 is 0 Å². The van der Waals surface area contributed by atoms with E-state index in [2.05, 4.69) is 39.9 Å². The largest absolute Gasteiger partial charge is 0.314 e. The molecule has 0 aliphatic rings. The van der Waals surface area contributed by atoms with Crippen LogP contribution < -0.4 is 5.32 Å². The van der Waals surface area contributed by atoms with E-state index in [0.29, 0.717) is 6.04 Å². The molecule has 0 spiro atoms. The van der Waals surface area contributed by atoms with Crippen LogP contribution in [0.2, 0.25) is 0 Å². The third-order valence-corrected chi connectivity index (χ3v) is 3.72. The average Bonchev–Trinajstić information content (AvgIpc) is 2.31. The van der Waals surface area contributed by atoms with Crippen molar-refractivity contribution in [3.63, 3.8) is 0 Å². The van der Waals surface area contributed by atoms with Gasteiger partial charge in [-0.25, -0.2) is 0 Å². The van der Waals surface area contributed by atoms with Gasteiger partial charge in [-0.1, -0.05) is 66.7 Å². The Morgan fingerprint density at radius 1 is 0.882 bits per heavy atom. The molecule has 0 saturated heterocycles. The first-order valence-electron chi connectivity index (χ1n) is 7.87. The standard InChI is InChI=1S/C16H35N/c1-6-9-11-15(8-3)12-16(10-7-2)13-17-14(4)5/h14-17H,6-13H2,1-5H3. The van der Waals surface area contributed by atoms with E-state index in [1.165, 1.54) is 51.5 Å². The SMILES string of the molecule is CCCCC(CC)CC(CCC)CNC(C)C. The molecule has 0 rings (SSSR count). The van der Waals surface area contributed by atoms with Crippen LogP contribution in [-0.2, 0) is 0 Å². The lowest BCUT2D eigenvalue weighted by Gasteiger charge is -2.24. The van der Waals surface area contributed by atoms with Crippen LogP contribution in [0.15, 0.2) is 0 Å². The molecule has 0 radical (unpaired) electrons. The molecule has 17 heavy (non-hydrogen) atoms. The van der Waals surface area contributed by atoms with Crippen molar-refractivity contribution in [1.29, 1.82) is 0 Å². The molecule has 1 nitrogen and oxygen atoms in total. The lowest BCUT2D eigenvalue weighted by molar-refractivity contribution is 0.306. The van der Waals surface area contributed by atoms with Crippen molar-refractivity contribution >= 4 is 0 Å². The van der Waals surface area contributed by atoms with Gasteiger partial charge in [0.2, 0.25) is 0 Å². The Morgan fingerprint density at radius 3 is 2.06 bits per heavy atom. The molecule has 1 heteroatoms. The predicted molar refractivity (Wildman–Crippen MR) is 79.5 cm³/mol. The highest BCUT2D eigenvalue weighted by Gasteiger charge is 2.14. The second kappa shape index (κ2) is 11.1. The Hall–Kier alpha value is -0.0400. The molecule has 0 bridgehead atoms. The van der Waals surface area contributed by atoms with Crippen LogP contribution in [-0.4, -0.2) is 12.6 Å². The van der Waals surface area contributed by atoms with Crippen molar-refractivity contribution in [2.45, 2.75) is 85.6 Å². The number of rotatable bonds is 11. The second-order valence-electron chi connectivity index (χ2n) is 5.87. The van der Waals surface area contributed by atoms with Crippen LogP contribution in [0, 0.1) is 11.8 Å². The summed E-state index contributed by atoms with van der Waals surface area (Å²) in [5.41, 5.74) is 0. The van der Waals surface area contributed by atoms with Gasteiger partial charge in [0.05, 0.1) is 0 Å². The lowest BCUT2D eigenvalue weighted by atomic mass is 9.86. The summed E-state index contributed by atoms with van der Waals surface area (Å²) in [5, 5.41) is 3.62. The van der Waals surface area contributed by atoms with Gasteiger partial charge >= 0.3 is 0 Å². The fraction of sp³-hybridized carbons (Fsp3) is 1.00. The maximum Gasteiger partial charge on any atom is 0.00104 e. The molecule has 0 aromatic rings. The first-order valence-corrected chi connectivity index (χ1v) is 7.87. The van der Waals surface area contributed by atoms with Crippen molar-refractivity contribution in [2.24, 2.45) is 11.8 Å². The summed E-state index contributed by atoms with van der Waals surface area (Å²) in [6.07, 6.45) is 9.71. The Bertz CT molecular complexity index is 154. The highest BCUT2D eigenvalue weighted by Crippen LogP contribution is 2.24. The summed E-state index contributed by atoms with van der Waals surface area (Å²) >= 11 is 0. The van der Waals surface area contributed by atoms with E-state index < -0.39 is 0 Å². The van der Waals surface area contributed by atoms with E-state index in [9.17, 15) is 0 Å². The molecule has 2 atom stereocenters. The van der Waals surface area contributed by atoms with Gasteiger partial charge in [0.25, 0.3) is 0 Å². The normalized spacial score (nSPS) is 15.2. The van der Waals surface area contributed by atoms with E-state index in [-0.39, 0.29) is 0 Å². The summed E-state index contributed by atoms with van der Waals surface area (Å²) in [6, 6.07) is 0.630. The number of unbranched alkanes of at least 4 members (excludes halogenated alkanes) is 1. The highest BCUT2D eigenvalue weighted by atomic mass is 14.9. The quantitative estimate of drug-likeness (QED) is 0.536. The molecule has 0 aliphatic carbocycles. The molecule has 0 fully saturated rings. The van der Waals surface area contributed by atoms with E-state index >= 15 is 0 Å². The number of hydrogen-bond donors (Lipinski definition) is 1. The Morgan fingerprint density at radius 2 is 1.59 bits per heavy atom. The van der Waals surface area contributed by atoms with Gasteiger partial charge in [-0.2, -0.15) is 0 Å². The van der Waals surface area contributed by atoms with E-state index in [1.807, 2.05) is 0 Å². The molecular formula is C16H35N. The molecule has 0 amide bonds. The van der Waals surface area contributed by atoms with Gasteiger partial charge in [-0.05, 0) is 31.2 Å². The zero-order valence-corrected chi connectivity index (χ0v) is 12.9. The van der Waals surface area contributed by atoms with Crippen LogP contribution in [0.25, 0.3) is 0 Å². The van der Waals surface area contributed by atoms with Gasteiger partial charge in [-0.3, -0.25) is 0 Å². The maximum absolute atomic E-state index is 3.62. The summed E-state index contributed by atoms with van der Waals surface area (Å²) in [4.78, 5) is 0. The van der Waals surface area contributed by atoms with Gasteiger partial charge in [0.1, 0.15) is 0 Å².